The Labute approximate surface area is 259 Å². The molecule has 0 saturated carbocycles. The van der Waals surface area contributed by atoms with E-state index in [2.05, 4.69) is 155 Å². The van der Waals surface area contributed by atoms with Crippen molar-refractivity contribution in [3.8, 4) is 0 Å². The summed E-state index contributed by atoms with van der Waals surface area (Å²) in [4.78, 5) is 19.1. The average molecular weight is 576 g/mol. The quantitative estimate of drug-likeness (QED) is 0.175. The van der Waals surface area contributed by atoms with Gasteiger partial charge in [0.05, 0.1) is 0 Å². The molecule has 0 fully saturated rings. The van der Waals surface area contributed by atoms with Crippen LogP contribution in [-0.2, 0) is 19.4 Å². The van der Waals surface area contributed by atoms with Crippen LogP contribution in [0.15, 0.2) is 103 Å². The molecular weight excluding hydrogens is 526 g/mol. The summed E-state index contributed by atoms with van der Waals surface area (Å²) in [7, 11) is 4.21. The fourth-order valence-corrected chi connectivity index (χ4v) is 6.42. The van der Waals surface area contributed by atoms with Gasteiger partial charge in [0, 0.05) is 36.3 Å². The molecule has 0 radical (unpaired) electrons. The summed E-state index contributed by atoms with van der Waals surface area (Å²) < 4.78 is 0. The van der Waals surface area contributed by atoms with Crippen LogP contribution in [0.3, 0.4) is 0 Å². The molecule has 1 amide bonds. The van der Waals surface area contributed by atoms with Gasteiger partial charge in [-0.3, -0.25) is 9.69 Å². The van der Waals surface area contributed by atoms with Crippen molar-refractivity contribution in [1.82, 2.24) is 15.1 Å². The normalized spacial score (nSPS) is 13.0. The number of likely N-dealkylation sites (N-methyl/N-ethyl adjacent to an activating group) is 2. The molecular formula is C39H49N3O. The predicted octanol–water partition coefficient (Wildman–Crippen LogP) is 8.17. The van der Waals surface area contributed by atoms with Crippen molar-refractivity contribution in [2.75, 3.05) is 14.1 Å². The molecule has 0 unspecified atom stereocenters. The molecule has 4 heteroatoms. The first kappa shape index (κ1) is 32.2. The molecule has 0 aliphatic carbocycles. The summed E-state index contributed by atoms with van der Waals surface area (Å²) in [5, 5.41) is 3.53. The van der Waals surface area contributed by atoms with Gasteiger partial charge >= 0.3 is 0 Å². The smallest absolute Gasteiger partial charge is 0.254 e. The maximum absolute atomic E-state index is 14.7. The molecule has 226 valence electrons. The van der Waals surface area contributed by atoms with Crippen molar-refractivity contribution in [1.29, 1.82) is 0 Å². The summed E-state index contributed by atoms with van der Waals surface area (Å²) in [6.45, 7) is 11.4. The Morgan fingerprint density at radius 2 is 1.21 bits per heavy atom. The number of amides is 1. The third-order valence-corrected chi connectivity index (χ3v) is 8.39. The van der Waals surface area contributed by atoms with E-state index in [9.17, 15) is 4.79 Å². The second kappa shape index (κ2) is 15.1. The number of hydrogen-bond acceptors (Lipinski definition) is 3. The zero-order chi connectivity index (χ0) is 30.9. The van der Waals surface area contributed by atoms with Gasteiger partial charge in [-0.1, -0.05) is 109 Å². The summed E-state index contributed by atoms with van der Waals surface area (Å²) in [6, 6.07) is 36.8. The molecule has 43 heavy (non-hydrogen) atoms. The van der Waals surface area contributed by atoms with Crippen molar-refractivity contribution < 1.29 is 4.79 Å². The molecule has 0 aliphatic rings. The van der Waals surface area contributed by atoms with E-state index in [1.807, 2.05) is 11.9 Å². The maximum atomic E-state index is 14.7. The van der Waals surface area contributed by atoms with E-state index in [-0.39, 0.29) is 30.1 Å². The largest absolute Gasteiger partial charge is 0.334 e. The lowest BCUT2D eigenvalue weighted by Gasteiger charge is -2.34. The summed E-state index contributed by atoms with van der Waals surface area (Å²) in [5.74, 6) is 0.121. The van der Waals surface area contributed by atoms with Crippen LogP contribution >= 0.6 is 0 Å². The third-order valence-electron chi connectivity index (χ3n) is 8.39. The van der Waals surface area contributed by atoms with Crippen LogP contribution in [-0.4, -0.2) is 41.9 Å². The van der Waals surface area contributed by atoms with Crippen LogP contribution in [0.25, 0.3) is 0 Å². The Morgan fingerprint density at radius 1 is 0.721 bits per heavy atom. The maximum Gasteiger partial charge on any atom is 0.254 e. The standard InChI is InChI=1S/C39H49N3O/c1-28(2)42(29(3)4)39(43)38-34(25-36(40-6)32-19-13-9-14-20-32)23-30(5)24-35(38)26-37(33-21-15-10-16-22-33)41(7)27-31-17-11-8-12-18-31/h8-24,28-29,36-37,40H,25-27H2,1-7H3/t36-,37+/m1/s1. The Kier molecular flexibility index (Phi) is 11.3. The minimum absolute atomic E-state index is 0.0920. The van der Waals surface area contributed by atoms with Gasteiger partial charge in [0.25, 0.3) is 5.91 Å². The van der Waals surface area contributed by atoms with E-state index >= 15 is 0 Å². The molecule has 4 rings (SSSR count). The molecule has 0 bridgehead atoms. The minimum Gasteiger partial charge on any atom is -0.334 e. The van der Waals surface area contributed by atoms with Crippen LogP contribution in [0.1, 0.15) is 83.5 Å². The molecule has 0 saturated heterocycles. The second-order valence-corrected chi connectivity index (χ2v) is 12.3. The minimum atomic E-state index is 0.0920. The Balaban J connectivity index is 1.84. The van der Waals surface area contributed by atoms with Crippen LogP contribution in [0, 0.1) is 6.92 Å². The summed E-state index contributed by atoms with van der Waals surface area (Å²) in [6.07, 6.45) is 1.47. The number of nitrogens with one attached hydrogen (secondary N) is 1. The Hall–Kier alpha value is -3.73. The van der Waals surface area contributed by atoms with E-state index < -0.39 is 0 Å². The van der Waals surface area contributed by atoms with E-state index in [0.717, 1.165) is 36.1 Å². The number of carbonyl (C=O) groups is 1. The van der Waals surface area contributed by atoms with Gasteiger partial charge in [-0.2, -0.15) is 0 Å². The molecule has 0 aliphatic heterocycles. The third kappa shape index (κ3) is 8.22. The monoisotopic (exact) mass is 575 g/mol. The molecule has 4 aromatic rings. The zero-order valence-electron chi connectivity index (χ0n) is 27.0. The lowest BCUT2D eigenvalue weighted by molar-refractivity contribution is 0.0640. The molecule has 4 aromatic carbocycles. The van der Waals surface area contributed by atoms with E-state index in [1.165, 1.54) is 22.3 Å². The number of aryl methyl sites for hydroxylation is 1. The predicted molar refractivity (Wildman–Crippen MR) is 180 cm³/mol. The highest BCUT2D eigenvalue weighted by molar-refractivity contribution is 5.98. The fraction of sp³-hybridized carbons (Fsp3) is 0.359. The van der Waals surface area contributed by atoms with Crippen molar-refractivity contribution in [2.45, 2.75) is 78.2 Å². The van der Waals surface area contributed by atoms with Gasteiger partial charge in [-0.15, -0.1) is 0 Å². The first-order valence-corrected chi connectivity index (χ1v) is 15.7. The van der Waals surface area contributed by atoms with Crippen molar-refractivity contribution >= 4 is 5.91 Å². The second-order valence-electron chi connectivity index (χ2n) is 12.3. The van der Waals surface area contributed by atoms with Crippen molar-refractivity contribution in [2.24, 2.45) is 0 Å². The molecule has 0 aromatic heterocycles. The number of nitrogens with zero attached hydrogens (tertiary/aromatic N) is 2. The van der Waals surface area contributed by atoms with Gasteiger partial charge in [0.15, 0.2) is 0 Å². The molecule has 4 nitrogen and oxygen atoms in total. The molecule has 2 atom stereocenters. The van der Waals surface area contributed by atoms with Gasteiger partial charge in [0.1, 0.15) is 0 Å². The Morgan fingerprint density at radius 3 is 1.72 bits per heavy atom. The highest BCUT2D eigenvalue weighted by Gasteiger charge is 2.29. The van der Waals surface area contributed by atoms with E-state index in [1.54, 1.807) is 0 Å². The molecule has 1 N–H and O–H groups in total. The molecule has 0 spiro atoms. The number of benzene rings is 4. The SMILES string of the molecule is CN[C@H](Cc1cc(C)cc(C[C@@H](c2ccccc2)N(C)Cc2ccccc2)c1C(=O)N(C(C)C)C(C)C)c1ccccc1. The summed E-state index contributed by atoms with van der Waals surface area (Å²) >= 11 is 0. The lowest BCUT2D eigenvalue weighted by Crippen LogP contribution is -2.43. The highest BCUT2D eigenvalue weighted by atomic mass is 16.2. The van der Waals surface area contributed by atoms with Gasteiger partial charge in [0.2, 0.25) is 0 Å². The van der Waals surface area contributed by atoms with Crippen molar-refractivity contribution in [3.63, 3.8) is 0 Å². The van der Waals surface area contributed by atoms with Gasteiger partial charge in [-0.25, -0.2) is 0 Å². The number of hydrogen-bond donors (Lipinski definition) is 1. The lowest BCUT2D eigenvalue weighted by atomic mass is 9.86. The van der Waals surface area contributed by atoms with Crippen LogP contribution in [0.5, 0.6) is 0 Å². The van der Waals surface area contributed by atoms with E-state index in [0.29, 0.717) is 0 Å². The fourth-order valence-electron chi connectivity index (χ4n) is 6.42. The molecule has 0 heterocycles. The van der Waals surface area contributed by atoms with E-state index in [4.69, 9.17) is 0 Å². The van der Waals surface area contributed by atoms with Crippen LogP contribution < -0.4 is 5.32 Å². The number of rotatable bonds is 13. The van der Waals surface area contributed by atoms with Crippen molar-refractivity contribution in [3.05, 3.63) is 142 Å². The van der Waals surface area contributed by atoms with Gasteiger partial charge in [-0.05, 0) is 89.4 Å². The average Bonchev–Trinajstić information content (AvgIpc) is 2.99. The number of carbonyl (C=O) groups excluding carboxylic acids is 1. The zero-order valence-corrected chi connectivity index (χ0v) is 27.0. The van der Waals surface area contributed by atoms with Crippen LogP contribution in [0.4, 0.5) is 0 Å². The first-order valence-electron chi connectivity index (χ1n) is 15.7. The van der Waals surface area contributed by atoms with Crippen LogP contribution in [0.2, 0.25) is 0 Å². The first-order chi connectivity index (χ1) is 20.7. The highest BCUT2D eigenvalue weighted by Crippen LogP contribution is 2.32. The van der Waals surface area contributed by atoms with Gasteiger partial charge < -0.3 is 10.2 Å². The Bertz CT molecular complexity index is 1430. The summed E-state index contributed by atoms with van der Waals surface area (Å²) in [5.41, 5.74) is 8.01. The topological polar surface area (TPSA) is 35.6 Å².